The number of benzene rings is 1. The van der Waals surface area contributed by atoms with Crippen LogP contribution in [0, 0.1) is 0 Å². The van der Waals surface area contributed by atoms with Gasteiger partial charge >= 0.3 is 0 Å². The van der Waals surface area contributed by atoms with E-state index in [1.807, 2.05) is 18.3 Å². The van der Waals surface area contributed by atoms with Gasteiger partial charge in [-0.05, 0) is 24.1 Å². The molecule has 0 aliphatic carbocycles. The van der Waals surface area contributed by atoms with Crippen molar-refractivity contribution in [3.8, 4) is 0 Å². The number of pyridine rings is 1. The molecule has 0 saturated heterocycles. The normalized spacial score (nSPS) is 16.4. The fourth-order valence-electron chi connectivity index (χ4n) is 4.37. The molecule has 0 bridgehead atoms. The van der Waals surface area contributed by atoms with Crippen molar-refractivity contribution in [2.45, 2.75) is 6.42 Å². The molecule has 7 nitrogen and oxygen atoms in total. The van der Waals surface area contributed by atoms with Crippen molar-refractivity contribution in [3.05, 3.63) is 82.5 Å². The van der Waals surface area contributed by atoms with Gasteiger partial charge in [0.2, 0.25) is 0 Å². The first-order chi connectivity index (χ1) is 14.6. The number of anilines is 1. The Labute approximate surface area is 200 Å². The van der Waals surface area contributed by atoms with E-state index in [4.69, 9.17) is 11.6 Å². The molecule has 32 heavy (non-hydrogen) atoms. The summed E-state index contributed by atoms with van der Waals surface area (Å²) >= 11 is 6.25. The highest BCUT2D eigenvalue weighted by Crippen LogP contribution is 2.37. The third-order valence-electron chi connectivity index (χ3n) is 5.65. The molecular formula is C22H16Cl3N5O2. The molecule has 0 saturated carbocycles. The molecule has 0 spiro atoms. The molecule has 2 aromatic heterocycles. The van der Waals surface area contributed by atoms with Crippen LogP contribution in [0.3, 0.4) is 0 Å². The van der Waals surface area contributed by atoms with Crippen molar-refractivity contribution in [1.29, 1.82) is 0 Å². The molecule has 3 aliphatic heterocycles. The number of nitrogens with one attached hydrogen (secondary N) is 1. The van der Waals surface area contributed by atoms with Crippen LogP contribution < -0.4 is 10.2 Å². The number of fused-ring (bicyclic) bond motifs is 1. The minimum atomic E-state index is -0.475. The fourth-order valence-corrected chi connectivity index (χ4v) is 4.58. The van der Waals surface area contributed by atoms with Gasteiger partial charge in [-0.15, -0.1) is 24.8 Å². The lowest BCUT2D eigenvalue weighted by Crippen LogP contribution is -2.25. The SMILES string of the molecule is Cl.Cl.O=C1NC(=O)C(c2cnc3c(Cl)cccn23)=C1C1=NC=CN2CCc3cccc1c32. The Bertz CT molecular complexity index is 1390. The first-order valence-corrected chi connectivity index (χ1v) is 9.87. The van der Waals surface area contributed by atoms with Gasteiger partial charge in [-0.25, -0.2) is 4.98 Å². The summed E-state index contributed by atoms with van der Waals surface area (Å²) in [6, 6.07) is 9.47. The summed E-state index contributed by atoms with van der Waals surface area (Å²) in [6.45, 7) is 0.856. The number of imide groups is 1. The summed E-state index contributed by atoms with van der Waals surface area (Å²) in [5.74, 6) is -0.944. The van der Waals surface area contributed by atoms with Gasteiger partial charge in [0.15, 0.2) is 5.65 Å². The van der Waals surface area contributed by atoms with Crippen LogP contribution in [-0.4, -0.2) is 33.5 Å². The second-order valence-electron chi connectivity index (χ2n) is 7.26. The van der Waals surface area contributed by atoms with Gasteiger partial charge in [0.1, 0.15) is 0 Å². The number of carbonyl (C=O) groups is 2. The molecule has 6 rings (SSSR count). The van der Waals surface area contributed by atoms with Gasteiger partial charge in [0.25, 0.3) is 11.8 Å². The molecule has 3 aliphatic rings. The number of aliphatic imine (C=N–C) groups is 1. The number of amides is 2. The largest absolute Gasteiger partial charge is 0.345 e. The fraction of sp³-hybridized carbons (Fsp3) is 0.0909. The molecule has 10 heteroatoms. The molecule has 0 fully saturated rings. The zero-order chi connectivity index (χ0) is 20.4. The van der Waals surface area contributed by atoms with Gasteiger partial charge in [-0.1, -0.05) is 29.8 Å². The van der Waals surface area contributed by atoms with Crippen molar-refractivity contribution in [3.63, 3.8) is 0 Å². The summed E-state index contributed by atoms with van der Waals surface area (Å²) in [5.41, 5.74) is 5.03. The smallest absolute Gasteiger partial charge is 0.261 e. The Balaban J connectivity index is 0.00000122. The number of rotatable bonds is 2. The number of hydrogen-bond donors (Lipinski definition) is 1. The highest BCUT2D eigenvalue weighted by Gasteiger charge is 2.38. The first kappa shape index (κ1) is 22.1. The predicted octanol–water partition coefficient (Wildman–Crippen LogP) is 3.58. The summed E-state index contributed by atoms with van der Waals surface area (Å²) in [6.07, 6.45) is 7.83. The maximum Gasteiger partial charge on any atom is 0.261 e. The lowest BCUT2D eigenvalue weighted by molar-refractivity contribution is -0.123. The Morgan fingerprint density at radius 2 is 1.84 bits per heavy atom. The Kier molecular flexibility index (Phi) is 5.58. The van der Waals surface area contributed by atoms with Crippen LogP contribution in [0.15, 0.2) is 65.7 Å². The summed E-state index contributed by atoms with van der Waals surface area (Å²) in [4.78, 5) is 36.8. The standard InChI is InChI=1S/C22H14ClN5O2.2ClH/c23-14-5-2-8-28-15(11-25-20(14)28)16-17(22(30)26-21(16)29)18-13-4-1-3-12-6-9-27(19(12)13)10-7-24-18;;/h1-5,7-8,10-11H,6,9H2,(H,26,29,30);2*1H. The number of imidazole rings is 1. The van der Waals surface area contributed by atoms with Gasteiger partial charge in [0, 0.05) is 30.7 Å². The van der Waals surface area contributed by atoms with Crippen molar-refractivity contribution in [2.75, 3.05) is 11.4 Å². The maximum absolute atomic E-state index is 12.9. The number of hydrogen-bond acceptors (Lipinski definition) is 5. The van der Waals surface area contributed by atoms with Gasteiger partial charge in [-0.2, -0.15) is 0 Å². The van der Waals surface area contributed by atoms with E-state index < -0.39 is 11.8 Å². The number of halogens is 3. The van der Waals surface area contributed by atoms with Gasteiger partial charge < -0.3 is 4.90 Å². The van der Waals surface area contributed by atoms with Crippen LogP contribution in [0.25, 0.3) is 11.2 Å². The average Bonchev–Trinajstić information content (AvgIpc) is 3.38. The monoisotopic (exact) mass is 487 g/mol. The molecule has 0 unspecified atom stereocenters. The molecule has 3 aromatic rings. The van der Waals surface area contributed by atoms with E-state index in [9.17, 15) is 9.59 Å². The highest BCUT2D eigenvalue weighted by molar-refractivity contribution is 6.47. The summed E-state index contributed by atoms with van der Waals surface area (Å²) < 4.78 is 1.71. The van der Waals surface area contributed by atoms with E-state index in [1.54, 1.807) is 35.1 Å². The number of nitrogens with zero attached hydrogens (tertiary/aromatic N) is 4. The Hall–Kier alpha value is -3.13. The maximum atomic E-state index is 12.9. The topological polar surface area (TPSA) is 79.1 Å². The Morgan fingerprint density at radius 1 is 1.03 bits per heavy atom. The number of aromatic nitrogens is 2. The molecule has 1 N–H and O–H groups in total. The third kappa shape index (κ3) is 3.04. The molecule has 162 valence electrons. The van der Waals surface area contributed by atoms with E-state index in [0.29, 0.717) is 22.1 Å². The second-order valence-corrected chi connectivity index (χ2v) is 7.67. The minimum Gasteiger partial charge on any atom is -0.345 e. The van der Waals surface area contributed by atoms with Crippen LogP contribution in [0.4, 0.5) is 5.69 Å². The van der Waals surface area contributed by atoms with Crippen LogP contribution >= 0.6 is 36.4 Å². The van der Waals surface area contributed by atoms with Crippen LogP contribution in [0.5, 0.6) is 0 Å². The second kappa shape index (κ2) is 8.09. The van der Waals surface area contributed by atoms with E-state index in [-0.39, 0.29) is 36.0 Å². The molecule has 0 radical (unpaired) electrons. The van der Waals surface area contributed by atoms with Gasteiger partial charge in [-0.3, -0.25) is 24.3 Å². The quantitative estimate of drug-likeness (QED) is 0.559. The van der Waals surface area contributed by atoms with E-state index in [0.717, 1.165) is 24.2 Å². The molecule has 0 atom stereocenters. The average molecular weight is 489 g/mol. The van der Waals surface area contributed by atoms with Crippen molar-refractivity contribution >= 4 is 70.8 Å². The summed E-state index contributed by atoms with van der Waals surface area (Å²) in [5, 5.41) is 2.89. The highest BCUT2D eigenvalue weighted by atomic mass is 35.5. The zero-order valence-electron chi connectivity index (χ0n) is 16.4. The molecule has 2 amide bonds. The van der Waals surface area contributed by atoms with E-state index in [1.165, 1.54) is 5.56 Å². The first-order valence-electron chi connectivity index (χ1n) is 9.49. The van der Waals surface area contributed by atoms with Crippen molar-refractivity contribution < 1.29 is 9.59 Å². The van der Waals surface area contributed by atoms with E-state index >= 15 is 0 Å². The van der Waals surface area contributed by atoms with Crippen molar-refractivity contribution in [2.24, 2.45) is 4.99 Å². The summed E-state index contributed by atoms with van der Waals surface area (Å²) in [7, 11) is 0. The molecular weight excluding hydrogens is 473 g/mol. The molecule has 1 aromatic carbocycles. The lowest BCUT2D eigenvalue weighted by Gasteiger charge is -2.17. The van der Waals surface area contributed by atoms with Crippen LogP contribution in [0.2, 0.25) is 5.02 Å². The van der Waals surface area contributed by atoms with Crippen LogP contribution in [-0.2, 0) is 16.0 Å². The molecule has 5 heterocycles. The lowest BCUT2D eigenvalue weighted by atomic mass is 9.94. The number of carbonyl (C=O) groups excluding carboxylic acids is 2. The predicted molar refractivity (Wildman–Crippen MR) is 128 cm³/mol. The van der Waals surface area contributed by atoms with Crippen molar-refractivity contribution in [1.82, 2.24) is 14.7 Å². The minimum absolute atomic E-state index is 0. The third-order valence-corrected chi connectivity index (χ3v) is 5.94. The van der Waals surface area contributed by atoms with E-state index in [2.05, 4.69) is 26.3 Å². The zero-order valence-corrected chi connectivity index (χ0v) is 18.8. The Morgan fingerprint density at radius 3 is 2.69 bits per heavy atom. The van der Waals surface area contributed by atoms with Gasteiger partial charge in [0.05, 0.1) is 39.5 Å². The number of para-hydroxylation sites is 1. The van der Waals surface area contributed by atoms with Crippen LogP contribution in [0.1, 0.15) is 16.8 Å².